The summed E-state index contributed by atoms with van der Waals surface area (Å²) >= 11 is 1.58. The highest BCUT2D eigenvalue weighted by molar-refractivity contribution is 7.09. The molecule has 2 amide bonds. The molecule has 2 aliphatic rings. The molecular weight excluding hydrogens is 462 g/mol. The minimum atomic E-state index is -0.590. The standard InChI is InChI=1S/C27H23N3O4S/c1-34-27(33)17-10-8-16(9-11-17)25-24-20(19-6-2-3-7-21(19)28-24)13-22-26(32)29(15-23(31)30(22)25)14-18-5-4-12-35-18/h2-12,22,25,28H,13-15H2,1H3/t22-,25+/m0/s1. The van der Waals surface area contributed by atoms with Crippen molar-refractivity contribution in [2.45, 2.75) is 25.0 Å². The normalized spacial score (nSPS) is 19.6. The second-order valence-corrected chi connectivity index (χ2v) is 9.91. The maximum absolute atomic E-state index is 13.7. The first-order valence-corrected chi connectivity index (χ1v) is 12.3. The zero-order valence-corrected chi connectivity index (χ0v) is 19.9. The molecule has 0 saturated carbocycles. The number of aromatic amines is 1. The SMILES string of the molecule is COC(=O)c1ccc([C@@H]2c3[nH]c4ccccc4c3C[C@H]3C(=O)N(Cc4cccs4)CC(=O)N23)cc1. The molecule has 4 heterocycles. The van der Waals surface area contributed by atoms with Gasteiger partial charge in [0.2, 0.25) is 11.8 Å². The summed E-state index contributed by atoms with van der Waals surface area (Å²) in [6.45, 7) is 0.478. The molecule has 1 fully saturated rings. The Morgan fingerprint density at radius 1 is 1.09 bits per heavy atom. The molecule has 0 radical (unpaired) electrons. The molecule has 0 bridgehead atoms. The number of ether oxygens (including phenoxy) is 1. The number of benzene rings is 2. The van der Waals surface area contributed by atoms with Gasteiger partial charge in [-0.3, -0.25) is 9.59 Å². The maximum Gasteiger partial charge on any atom is 0.337 e. The summed E-state index contributed by atoms with van der Waals surface area (Å²) in [7, 11) is 1.35. The van der Waals surface area contributed by atoms with Gasteiger partial charge in [-0.2, -0.15) is 0 Å². The van der Waals surface area contributed by atoms with E-state index in [0.717, 1.165) is 32.6 Å². The van der Waals surface area contributed by atoms with Crippen molar-refractivity contribution in [1.82, 2.24) is 14.8 Å². The van der Waals surface area contributed by atoms with Crippen LogP contribution in [0, 0.1) is 0 Å². The Kier molecular flexibility index (Phi) is 5.18. The van der Waals surface area contributed by atoms with Crippen LogP contribution in [0.1, 0.15) is 38.1 Å². The predicted molar refractivity (Wildman–Crippen MR) is 132 cm³/mol. The topological polar surface area (TPSA) is 82.7 Å². The number of rotatable bonds is 4. The van der Waals surface area contributed by atoms with Crippen molar-refractivity contribution in [3.63, 3.8) is 0 Å². The van der Waals surface area contributed by atoms with Crippen molar-refractivity contribution in [3.8, 4) is 0 Å². The first-order valence-electron chi connectivity index (χ1n) is 11.4. The fourth-order valence-corrected chi connectivity index (χ4v) is 6.03. The summed E-state index contributed by atoms with van der Waals surface area (Å²) in [5.41, 5.74) is 4.22. The molecule has 8 heteroatoms. The number of carbonyl (C=O) groups is 3. The van der Waals surface area contributed by atoms with E-state index in [1.807, 2.05) is 47.8 Å². The number of nitrogens with zero attached hydrogens (tertiary/aromatic N) is 2. The molecule has 1 saturated heterocycles. The third-order valence-electron chi connectivity index (χ3n) is 6.92. The third kappa shape index (κ3) is 3.52. The Hall–Kier alpha value is -3.91. The molecule has 0 unspecified atom stereocenters. The Morgan fingerprint density at radius 3 is 2.63 bits per heavy atom. The van der Waals surface area contributed by atoms with E-state index in [1.165, 1.54) is 7.11 Å². The zero-order chi connectivity index (χ0) is 24.1. The number of H-pyrrole nitrogens is 1. The number of piperazine rings is 1. The fourth-order valence-electron chi connectivity index (χ4n) is 5.31. The van der Waals surface area contributed by atoms with Gasteiger partial charge in [0.25, 0.3) is 0 Å². The highest BCUT2D eigenvalue weighted by Gasteiger charge is 2.48. The van der Waals surface area contributed by atoms with Gasteiger partial charge in [-0.1, -0.05) is 36.4 Å². The molecule has 1 N–H and O–H groups in total. The first kappa shape index (κ1) is 21.6. The van der Waals surface area contributed by atoms with Crippen LogP contribution in [-0.4, -0.2) is 52.3 Å². The van der Waals surface area contributed by atoms with Crippen LogP contribution in [0.4, 0.5) is 0 Å². The van der Waals surface area contributed by atoms with Gasteiger partial charge < -0.3 is 19.5 Å². The third-order valence-corrected chi connectivity index (χ3v) is 7.78. The molecule has 2 aromatic heterocycles. The van der Waals surface area contributed by atoms with Gasteiger partial charge in [0.05, 0.1) is 25.3 Å². The van der Waals surface area contributed by atoms with Gasteiger partial charge in [0.1, 0.15) is 12.6 Å². The summed E-state index contributed by atoms with van der Waals surface area (Å²) in [6, 6.07) is 18.0. The molecule has 0 spiro atoms. The highest BCUT2D eigenvalue weighted by Crippen LogP contribution is 2.42. The molecule has 176 valence electrons. The van der Waals surface area contributed by atoms with Gasteiger partial charge >= 0.3 is 5.97 Å². The average Bonchev–Trinajstić information content (AvgIpc) is 3.53. The van der Waals surface area contributed by atoms with Crippen LogP contribution in [-0.2, 0) is 27.3 Å². The molecule has 2 aromatic carbocycles. The second-order valence-electron chi connectivity index (χ2n) is 8.87. The number of hydrogen-bond acceptors (Lipinski definition) is 5. The zero-order valence-electron chi connectivity index (χ0n) is 19.1. The Bertz CT molecular complexity index is 1440. The van der Waals surface area contributed by atoms with Crippen molar-refractivity contribution in [2.24, 2.45) is 0 Å². The smallest absolute Gasteiger partial charge is 0.337 e. The first-order chi connectivity index (χ1) is 17.0. The van der Waals surface area contributed by atoms with Crippen LogP contribution >= 0.6 is 11.3 Å². The Labute approximate surface area is 205 Å². The van der Waals surface area contributed by atoms with E-state index in [2.05, 4.69) is 11.1 Å². The van der Waals surface area contributed by atoms with Crippen LogP contribution in [0.2, 0.25) is 0 Å². The lowest BCUT2D eigenvalue weighted by molar-refractivity contribution is -0.159. The maximum atomic E-state index is 13.7. The molecule has 4 aromatic rings. The molecule has 35 heavy (non-hydrogen) atoms. The quantitative estimate of drug-likeness (QED) is 0.445. The number of methoxy groups -OCH3 is 1. The number of amides is 2. The summed E-state index contributed by atoms with van der Waals surface area (Å²) < 4.78 is 4.83. The molecule has 2 aliphatic heterocycles. The minimum absolute atomic E-state index is 0.0369. The highest BCUT2D eigenvalue weighted by atomic mass is 32.1. The number of carbonyl (C=O) groups excluding carboxylic acids is 3. The van der Waals surface area contributed by atoms with E-state index in [-0.39, 0.29) is 18.4 Å². The van der Waals surface area contributed by atoms with E-state index in [9.17, 15) is 14.4 Å². The second kappa shape index (κ2) is 8.39. The van der Waals surface area contributed by atoms with Gasteiger partial charge in [0, 0.05) is 27.9 Å². The summed E-state index contributed by atoms with van der Waals surface area (Å²) in [4.78, 5) is 47.3. The van der Waals surface area contributed by atoms with E-state index in [1.54, 1.807) is 33.3 Å². The Morgan fingerprint density at radius 2 is 1.89 bits per heavy atom. The Balaban J connectivity index is 1.45. The number of hydrogen-bond donors (Lipinski definition) is 1. The van der Waals surface area contributed by atoms with Crippen molar-refractivity contribution in [2.75, 3.05) is 13.7 Å². The number of esters is 1. The van der Waals surface area contributed by atoms with Crippen LogP contribution in [0.15, 0.2) is 66.0 Å². The molecule has 0 aliphatic carbocycles. The number of para-hydroxylation sites is 1. The van der Waals surface area contributed by atoms with E-state index in [4.69, 9.17) is 4.74 Å². The lowest BCUT2D eigenvalue weighted by Gasteiger charge is -2.47. The lowest BCUT2D eigenvalue weighted by atomic mass is 9.86. The number of nitrogens with one attached hydrogen (secondary N) is 1. The molecule has 2 atom stereocenters. The monoisotopic (exact) mass is 485 g/mol. The largest absolute Gasteiger partial charge is 0.465 e. The van der Waals surface area contributed by atoms with Crippen LogP contribution in [0.3, 0.4) is 0 Å². The van der Waals surface area contributed by atoms with Crippen molar-refractivity contribution < 1.29 is 19.1 Å². The van der Waals surface area contributed by atoms with E-state index in [0.29, 0.717) is 18.5 Å². The van der Waals surface area contributed by atoms with Crippen molar-refractivity contribution in [1.29, 1.82) is 0 Å². The average molecular weight is 486 g/mol. The molecular formula is C27H23N3O4S. The summed E-state index contributed by atoms with van der Waals surface area (Å²) in [6.07, 6.45) is 0.460. The van der Waals surface area contributed by atoms with E-state index >= 15 is 0 Å². The summed E-state index contributed by atoms with van der Waals surface area (Å²) in [5, 5.41) is 3.04. The number of fused-ring (bicyclic) bond motifs is 4. The minimum Gasteiger partial charge on any atom is -0.465 e. The fraction of sp³-hybridized carbons (Fsp3) is 0.222. The lowest BCUT2D eigenvalue weighted by Crippen LogP contribution is -2.62. The predicted octanol–water partition coefficient (Wildman–Crippen LogP) is 3.90. The van der Waals surface area contributed by atoms with E-state index < -0.39 is 18.1 Å². The number of thiophene rings is 1. The van der Waals surface area contributed by atoms with Gasteiger partial charge in [0.15, 0.2) is 0 Å². The van der Waals surface area contributed by atoms with Crippen molar-refractivity contribution >= 4 is 40.0 Å². The molecule has 6 rings (SSSR count). The number of aromatic nitrogens is 1. The van der Waals surface area contributed by atoms with Crippen LogP contribution < -0.4 is 0 Å². The van der Waals surface area contributed by atoms with Gasteiger partial charge in [-0.05, 0) is 40.8 Å². The van der Waals surface area contributed by atoms with Gasteiger partial charge in [-0.15, -0.1) is 11.3 Å². The van der Waals surface area contributed by atoms with Gasteiger partial charge in [-0.25, -0.2) is 4.79 Å². The summed E-state index contributed by atoms with van der Waals surface area (Å²) in [5.74, 6) is -0.541. The van der Waals surface area contributed by atoms with Crippen molar-refractivity contribution in [3.05, 3.63) is 93.3 Å². The molecule has 7 nitrogen and oxygen atoms in total. The van der Waals surface area contributed by atoms with Crippen LogP contribution in [0.25, 0.3) is 10.9 Å². The van der Waals surface area contributed by atoms with Crippen LogP contribution in [0.5, 0.6) is 0 Å².